The molecule has 1 saturated carbocycles. The van der Waals surface area contributed by atoms with Crippen molar-refractivity contribution in [2.24, 2.45) is 0 Å². The molecule has 13 nitrogen and oxygen atoms in total. The quantitative estimate of drug-likeness (QED) is 0.0411. The van der Waals surface area contributed by atoms with E-state index in [-0.39, 0.29) is 6.42 Å². The summed E-state index contributed by atoms with van der Waals surface area (Å²) in [6, 6.07) is 0. The zero-order valence-corrected chi connectivity index (χ0v) is 26.4. The Morgan fingerprint density at radius 2 is 1.23 bits per heavy atom. The third-order valence-corrected chi connectivity index (χ3v) is 8.15. The number of phosphoric ester groups is 1. The van der Waals surface area contributed by atoms with Crippen LogP contribution in [-0.2, 0) is 32.7 Å². The van der Waals surface area contributed by atoms with E-state index in [2.05, 4.69) is 19.1 Å². The van der Waals surface area contributed by atoms with Crippen LogP contribution in [0.3, 0.4) is 0 Å². The molecule has 0 heterocycles. The van der Waals surface area contributed by atoms with Crippen LogP contribution < -0.4 is 0 Å². The van der Waals surface area contributed by atoms with E-state index in [0.717, 1.165) is 45.4 Å². The number of phosphoric acid groups is 1. The van der Waals surface area contributed by atoms with Crippen LogP contribution in [0, 0.1) is 0 Å². The minimum absolute atomic E-state index is 0.0839. The summed E-state index contributed by atoms with van der Waals surface area (Å²) < 4.78 is 32.1. The highest BCUT2D eigenvalue weighted by atomic mass is 31.2. The van der Waals surface area contributed by atoms with Gasteiger partial charge in [-0.25, -0.2) is 4.57 Å². The summed E-state index contributed by atoms with van der Waals surface area (Å²) in [7, 11) is -5.07. The average molecular weight is 641 g/mol. The fourth-order valence-corrected chi connectivity index (χ4v) is 5.57. The van der Waals surface area contributed by atoms with Crippen molar-refractivity contribution in [3.05, 3.63) is 12.2 Å². The van der Waals surface area contributed by atoms with Gasteiger partial charge in [0.25, 0.3) is 0 Å². The summed E-state index contributed by atoms with van der Waals surface area (Å²) >= 11 is 0. The minimum atomic E-state index is -5.07. The van der Waals surface area contributed by atoms with Crippen molar-refractivity contribution >= 4 is 19.8 Å². The average Bonchev–Trinajstić information content (AvgIpc) is 2.96. The van der Waals surface area contributed by atoms with Crippen LogP contribution in [0.25, 0.3) is 0 Å². The summed E-state index contributed by atoms with van der Waals surface area (Å²) in [6.45, 7) is 2.14. The smallest absolute Gasteiger partial charge is 0.462 e. The Labute approximate surface area is 254 Å². The highest BCUT2D eigenvalue weighted by Crippen LogP contribution is 2.47. The lowest BCUT2D eigenvalue weighted by molar-refractivity contribution is -0.220. The molecule has 8 atom stereocenters. The van der Waals surface area contributed by atoms with Gasteiger partial charge in [0.15, 0.2) is 6.10 Å². The maximum atomic E-state index is 12.4. The van der Waals surface area contributed by atoms with E-state index < -0.39 is 75.7 Å². The number of esters is 2. The first-order valence-corrected chi connectivity index (χ1v) is 16.9. The molecule has 1 fully saturated rings. The number of rotatable bonds is 23. The number of unbranched alkanes of at least 4 members (excludes halogenated alkanes) is 11. The number of aliphatic hydroxyl groups is 5. The first-order valence-electron chi connectivity index (χ1n) is 15.4. The van der Waals surface area contributed by atoms with E-state index >= 15 is 0 Å². The van der Waals surface area contributed by atoms with Crippen molar-refractivity contribution in [3.63, 3.8) is 0 Å². The Kier molecular flexibility index (Phi) is 20.4. The Morgan fingerprint density at radius 1 is 0.744 bits per heavy atom. The van der Waals surface area contributed by atoms with Crippen molar-refractivity contribution in [2.75, 3.05) is 13.2 Å². The largest absolute Gasteiger partial charge is 0.472 e. The topological polar surface area (TPSA) is 210 Å². The number of aliphatic hydroxyl groups excluding tert-OH is 5. The molecule has 0 amide bonds. The second-order valence-electron chi connectivity index (χ2n) is 11.0. The van der Waals surface area contributed by atoms with Crippen LogP contribution in [0.15, 0.2) is 12.2 Å². The van der Waals surface area contributed by atoms with E-state index in [4.69, 9.17) is 18.5 Å². The third kappa shape index (κ3) is 17.0. The van der Waals surface area contributed by atoms with Gasteiger partial charge in [-0.1, -0.05) is 70.4 Å². The molecule has 6 N–H and O–H groups in total. The monoisotopic (exact) mass is 640 g/mol. The summed E-state index contributed by atoms with van der Waals surface area (Å²) in [6.07, 6.45) is 5.83. The van der Waals surface area contributed by atoms with E-state index in [9.17, 15) is 44.6 Å². The molecular weight excluding hydrogens is 587 g/mol. The zero-order chi connectivity index (χ0) is 32.3. The summed E-state index contributed by atoms with van der Waals surface area (Å²) in [5.41, 5.74) is 0. The first-order chi connectivity index (χ1) is 20.4. The molecule has 0 saturated heterocycles. The summed E-state index contributed by atoms with van der Waals surface area (Å²) in [5, 5.41) is 49.2. The van der Waals surface area contributed by atoms with Gasteiger partial charge < -0.3 is 39.9 Å². The maximum absolute atomic E-state index is 12.4. The second kappa shape index (κ2) is 22.2. The normalized spacial score (nSPS) is 26.2. The Morgan fingerprint density at radius 3 is 1.77 bits per heavy atom. The van der Waals surface area contributed by atoms with Crippen molar-refractivity contribution in [3.8, 4) is 0 Å². The highest BCUT2D eigenvalue weighted by Gasteiger charge is 2.51. The predicted octanol–water partition coefficient (Wildman–Crippen LogP) is 2.82. The van der Waals surface area contributed by atoms with E-state index in [0.29, 0.717) is 6.42 Å². The Bertz CT molecular complexity index is 838. The van der Waals surface area contributed by atoms with Crippen LogP contribution in [0.2, 0.25) is 0 Å². The Balaban J connectivity index is 2.35. The van der Waals surface area contributed by atoms with Crippen LogP contribution in [0.4, 0.5) is 0 Å². The lowest BCUT2D eigenvalue weighted by Crippen LogP contribution is -2.64. The van der Waals surface area contributed by atoms with Gasteiger partial charge in [0.2, 0.25) is 0 Å². The molecule has 7 unspecified atom stereocenters. The lowest BCUT2D eigenvalue weighted by Gasteiger charge is -2.41. The van der Waals surface area contributed by atoms with E-state index in [1.165, 1.54) is 38.5 Å². The molecule has 0 aromatic rings. The highest BCUT2D eigenvalue weighted by molar-refractivity contribution is 7.47. The standard InChI is InChI=1S/C29H53O13P/c1-3-4-5-6-7-8-9-10-11-12-13-14-15-16-17-18-23(31)41-22(19-39-21(2)30)20-40-43(37,38)42-29-27(35)25(33)24(32)26(34)28(29)36/h10-11,22,24-29,32-36H,3-9,12-20H2,1-2H3,(H,37,38)/b11-10+/t22?,24?,25-,26?,27?,28?,29?/m1/s1. The number of carbonyl (C=O) groups is 2. The van der Waals surface area contributed by atoms with Gasteiger partial charge in [0.05, 0.1) is 6.61 Å². The molecule has 0 spiro atoms. The number of allylic oxidation sites excluding steroid dienone is 2. The van der Waals surface area contributed by atoms with Gasteiger partial charge in [0, 0.05) is 13.3 Å². The van der Waals surface area contributed by atoms with Gasteiger partial charge in [-0.05, 0) is 32.1 Å². The van der Waals surface area contributed by atoms with Crippen molar-refractivity contribution < 1.29 is 63.1 Å². The first kappa shape index (κ1) is 39.6. The van der Waals surface area contributed by atoms with Crippen molar-refractivity contribution in [2.45, 2.75) is 146 Å². The number of ether oxygens (including phenoxy) is 2. The fraction of sp³-hybridized carbons (Fsp3) is 0.862. The molecule has 43 heavy (non-hydrogen) atoms. The number of carbonyl (C=O) groups excluding carboxylic acids is 2. The molecule has 1 aliphatic carbocycles. The van der Waals surface area contributed by atoms with Gasteiger partial charge in [0.1, 0.15) is 43.2 Å². The molecule has 1 aliphatic rings. The SMILES string of the molecule is CCCCCCCC/C=C/CCCCCCCC(=O)OC(COC(C)=O)COP(=O)(O)OC1C(O)C(O)C(O)[C@@H](O)C1O. The lowest BCUT2D eigenvalue weighted by atomic mass is 9.85. The molecule has 0 aromatic heterocycles. The van der Waals surface area contributed by atoms with Gasteiger partial charge in [-0.15, -0.1) is 0 Å². The molecule has 0 aromatic carbocycles. The summed E-state index contributed by atoms with van der Waals surface area (Å²) in [4.78, 5) is 33.6. The van der Waals surface area contributed by atoms with Crippen LogP contribution in [-0.4, -0.2) is 98.3 Å². The molecule has 14 heteroatoms. The third-order valence-electron chi connectivity index (χ3n) is 7.16. The maximum Gasteiger partial charge on any atom is 0.472 e. The van der Waals surface area contributed by atoms with E-state index in [1.807, 2.05) is 0 Å². The molecule has 0 radical (unpaired) electrons. The van der Waals surface area contributed by atoms with Crippen molar-refractivity contribution in [1.82, 2.24) is 0 Å². The number of hydrogen-bond donors (Lipinski definition) is 6. The minimum Gasteiger partial charge on any atom is -0.462 e. The van der Waals surface area contributed by atoms with Crippen molar-refractivity contribution in [1.29, 1.82) is 0 Å². The fourth-order valence-electron chi connectivity index (χ4n) is 4.59. The summed E-state index contributed by atoms with van der Waals surface area (Å²) in [5.74, 6) is -1.30. The molecular formula is C29H53O13P. The van der Waals surface area contributed by atoms with Crippen LogP contribution >= 0.6 is 7.82 Å². The van der Waals surface area contributed by atoms with Gasteiger partial charge in [-0.2, -0.15) is 0 Å². The molecule has 0 aliphatic heterocycles. The zero-order valence-electron chi connectivity index (χ0n) is 25.5. The van der Waals surface area contributed by atoms with Crippen LogP contribution in [0.5, 0.6) is 0 Å². The van der Waals surface area contributed by atoms with Gasteiger partial charge >= 0.3 is 19.8 Å². The second-order valence-corrected chi connectivity index (χ2v) is 12.4. The van der Waals surface area contributed by atoms with E-state index in [1.54, 1.807) is 0 Å². The molecule has 1 rings (SSSR count). The predicted molar refractivity (Wildman–Crippen MR) is 157 cm³/mol. The molecule has 252 valence electrons. The number of hydrogen-bond acceptors (Lipinski definition) is 12. The van der Waals surface area contributed by atoms with Gasteiger partial charge in [-0.3, -0.25) is 18.6 Å². The Hall–Kier alpha value is -1.41. The molecule has 0 bridgehead atoms. The van der Waals surface area contributed by atoms with Crippen LogP contribution in [0.1, 0.15) is 104 Å².